The van der Waals surface area contributed by atoms with E-state index in [1.54, 1.807) is 25.3 Å². The third kappa shape index (κ3) is 3.05. The number of fused-ring (bicyclic) bond motifs is 3. The summed E-state index contributed by atoms with van der Waals surface area (Å²) in [4.78, 5) is 25.6. The molecule has 0 unspecified atom stereocenters. The lowest BCUT2D eigenvalue weighted by Crippen LogP contribution is -2.12. The van der Waals surface area contributed by atoms with Crippen molar-refractivity contribution in [3.05, 3.63) is 41.5 Å². The number of cyclic esters (lactones) is 1. The molecule has 0 saturated heterocycles. The fourth-order valence-electron chi connectivity index (χ4n) is 4.38. The largest absolute Gasteiger partial charge is 0.493 e. The van der Waals surface area contributed by atoms with Crippen LogP contribution in [0.4, 0.5) is 0 Å². The molecule has 33 heavy (non-hydrogen) atoms. The normalized spacial score (nSPS) is 15.9. The topological polar surface area (TPSA) is 89.5 Å². The van der Waals surface area contributed by atoms with Gasteiger partial charge >= 0.3 is 11.9 Å². The van der Waals surface area contributed by atoms with Gasteiger partial charge in [-0.15, -0.1) is 0 Å². The Hall–Kier alpha value is -3.94. The summed E-state index contributed by atoms with van der Waals surface area (Å²) >= 11 is 0. The average molecular weight is 448 g/mol. The van der Waals surface area contributed by atoms with Crippen LogP contribution in [0.15, 0.2) is 30.3 Å². The molecule has 8 heteroatoms. The van der Waals surface area contributed by atoms with Crippen LogP contribution in [0.3, 0.4) is 0 Å². The van der Waals surface area contributed by atoms with Crippen molar-refractivity contribution in [2.45, 2.75) is 19.4 Å². The van der Waals surface area contributed by atoms with Crippen molar-refractivity contribution in [1.82, 2.24) is 0 Å². The van der Waals surface area contributed by atoms with Crippen LogP contribution in [-0.4, -0.2) is 33.0 Å². The highest BCUT2D eigenvalue weighted by atomic mass is 16.7. The Labute approximate surface area is 188 Å². The Morgan fingerprint density at radius 1 is 0.909 bits per heavy atom. The first-order valence-electron chi connectivity index (χ1n) is 10.6. The molecule has 168 valence electrons. The van der Waals surface area contributed by atoms with Crippen molar-refractivity contribution in [3.63, 3.8) is 0 Å². The number of esters is 2. The lowest BCUT2D eigenvalue weighted by atomic mass is 9.89. The first-order chi connectivity index (χ1) is 16.1. The Morgan fingerprint density at radius 2 is 1.64 bits per heavy atom. The SMILES string of the molecule is COc1cc2c(OC(=O)C3CC3)c3c(c(-c4ccc5c(c4)OCO5)c2cc1OC)C(=O)OC3. The molecule has 0 bridgehead atoms. The maximum atomic E-state index is 12.9. The molecule has 8 nitrogen and oxygen atoms in total. The van der Waals surface area contributed by atoms with E-state index in [1.807, 2.05) is 12.1 Å². The molecular weight excluding hydrogens is 428 g/mol. The lowest BCUT2D eigenvalue weighted by Gasteiger charge is -2.18. The minimum atomic E-state index is -0.474. The molecule has 0 aromatic heterocycles. The molecule has 6 rings (SSSR count). The second kappa shape index (κ2) is 7.30. The fourth-order valence-corrected chi connectivity index (χ4v) is 4.38. The van der Waals surface area contributed by atoms with Crippen molar-refractivity contribution in [2.24, 2.45) is 5.92 Å². The molecule has 0 spiro atoms. The van der Waals surface area contributed by atoms with E-state index in [-0.39, 0.29) is 25.3 Å². The van der Waals surface area contributed by atoms with E-state index in [9.17, 15) is 9.59 Å². The molecule has 0 atom stereocenters. The van der Waals surface area contributed by atoms with Crippen molar-refractivity contribution in [2.75, 3.05) is 21.0 Å². The van der Waals surface area contributed by atoms with Gasteiger partial charge in [0.15, 0.2) is 23.0 Å². The second-order valence-corrected chi connectivity index (χ2v) is 8.15. The zero-order chi connectivity index (χ0) is 22.7. The molecule has 3 aromatic rings. The number of carbonyl (C=O) groups excluding carboxylic acids is 2. The number of methoxy groups -OCH3 is 2. The van der Waals surface area contributed by atoms with Gasteiger partial charge < -0.3 is 28.4 Å². The van der Waals surface area contributed by atoms with E-state index in [1.165, 1.54) is 7.11 Å². The van der Waals surface area contributed by atoms with Crippen LogP contribution in [0.25, 0.3) is 21.9 Å². The van der Waals surface area contributed by atoms with E-state index in [0.717, 1.165) is 18.4 Å². The zero-order valence-electron chi connectivity index (χ0n) is 18.1. The molecule has 1 saturated carbocycles. The monoisotopic (exact) mass is 448 g/mol. The van der Waals surface area contributed by atoms with Gasteiger partial charge in [0, 0.05) is 16.5 Å². The first kappa shape index (κ1) is 19.7. The highest BCUT2D eigenvalue weighted by Gasteiger charge is 2.37. The molecule has 0 radical (unpaired) electrons. The average Bonchev–Trinajstić information content (AvgIpc) is 3.47. The Kier molecular flexibility index (Phi) is 4.36. The molecule has 2 heterocycles. The van der Waals surface area contributed by atoms with Crippen LogP contribution in [0.2, 0.25) is 0 Å². The standard InChI is InChI=1S/C25H20O8/c1-28-18-8-14-15(9-19(18)29-2)23(33-24(26)12-3-4-12)16-10-30-25(27)22(16)21(14)13-5-6-17-20(7-13)32-11-31-17/h5-9,12H,3-4,10-11H2,1-2H3. The molecule has 1 fully saturated rings. The molecule has 2 aliphatic heterocycles. The number of rotatable bonds is 5. The van der Waals surface area contributed by atoms with Crippen LogP contribution >= 0.6 is 0 Å². The summed E-state index contributed by atoms with van der Waals surface area (Å²) in [6.45, 7) is 0.157. The van der Waals surface area contributed by atoms with Crippen molar-refractivity contribution in [3.8, 4) is 39.9 Å². The molecule has 1 aliphatic carbocycles. The van der Waals surface area contributed by atoms with Crippen LogP contribution in [0.5, 0.6) is 28.7 Å². The Bertz CT molecular complexity index is 1340. The van der Waals surface area contributed by atoms with Crippen LogP contribution in [0.1, 0.15) is 28.8 Å². The predicted molar refractivity (Wildman–Crippen MR) is 116 cm³/mol. The zero-order valence-corrected chi connectivity index (χ0v) is 18.1. The van der Waals surface area contributed by atoms with Gasteiger partial charge in [-0.05, 0) is 48.1 Å². The second-order valence-electron chi connectivity index (χ2n) is 8.15. The number of carbonyl (C=O) groups is 2. The molecule has 0 N–H and O–H groups in total. The first-order valence-corrected chi connectivity index (χ1v) is 10.6. The number of hydrogen-bond acceptors (Lipinski definition) is 8. The lowest BCUT2D eigenvalue weighted by molar-refractivity contribution is -0.135. The van der Waals surface area contributed by atoms with Gasteiger partial charge in [-0.3, -0.25) is 4.79 Å². The van der Waals surface area contributed by atoms with Gasteiger partial charge in [0.05, 0.1) is 25.7 Å². The summed E-state index contributed by atoms with van der Waals surface area (Å²) in [7, 11) is 3.08. The highest BCUT2D eigenvalue weighted by molar-refractivity contribution is 6.14. The number of hydrogen-bond donors (Lipinski definition) is 0. The number of benzene rings is 3. The van der Waals surface area contributed by atoms with Gasteiger partial charge in [-0.1, -0.05) is 6.07 Å². The Balaban J connectivity index is 1.68. The van der Waals surface area contributed by atoms with Crippen LogP contribution < -0.4 is 23.7 Å². The third-order valence-corrected chi connectivity index (χ3v) is 6.19. The summed E-state index contributed by atoms with van der Waals surface area (Å²) in [5.74, 6) is 1.63. The summed E-state index contributed by atoms with van der Waals surface area (Å²) < 4.78 is 33.3. The van der Waals surface area contributed by atoms with Crippen molar-refractivity contribution in [1.29, 1.82) is 0 Å². The predicted octanol–water partition coefficient (Wildman–Crippen LogP) is 4.24. The molecular formula is C25H20O8. The minimum absolute atomic E-state index is 0.0171. The smallest absolute Gasteiger partial charge is 0.339 e. The summed E-state index contributed by atoms with van der Waals surface area (Å²) in [5, 5.41) is 1.30. The van der Waals surface area contributed by atoms with Gasteiger partial charge in [0.1, 0.15) is 12.4 Å². The maximum absolute atomic E-state index is 12.9. The van der Waals surface area contributed by atoms with E-state index >= 15 is 0 Å². The van der Waals surface area contributed by atoms with Crippen LogP contribution in [-0.2, 0) is 16.1 Å². The van der Waals surface area contributed by atoms with E-state index in [0.29, 0.717) is 56.2 Å². The Morgan fingerprint density at radius 3 is 2.36 bits per heavy atom. The van der Waals surface area contributed by atoms with Gasteiger partial charge in [-0.2, -0.15) is 0 Å². The quantitative estimate of drug-likeness (QED) is 0.423. The summed E-state index contributed by atoms with van der Waals surface area (Å²) in [6, 6.07) is 9.05. The highest BCUT2D eigenvalue weighted by Crippen LogP contribution is 2.49. The number of ether oxygens (including phenoxy) is 6. The van der Waals surface area contributed by atoms with E-state index < -0.39 is 5.97 Å². The minimum Gasteiger partial charge on any atom is -0.493 e. The molecule has 0 amide bonds. The fraction of sp³-hybridized carbons (Fsp3) is 0.280. The van der Waals surface area contributed by atoms with Crippen LogP contribution in [0, 0.1) is 5.92 Å². The van der Waals surface area contributed by atoms with E-state index in [2.05, 4.69) is 0 Å². The van der Waals surface area contributed by atoms with Crippen molar-refractivity contribution < 1.29 is 38.0 Å². The molecule has 3 aromatic carbocycles. The van der Waals surface area contributed by atoms with Gasteiger partial charge in [0.2, 0.25) is 6.79 Å². The summed E-state index contributed by atoms with van der Waals surface area (Å²) in [6.07, 6.45) is 1.61. The van der Waals surface area contributed by atoms with Crippen molar-refractivity contribution >= 4 is 22.7 Å². The summed E-state index contributed by atoms with van der Waals surface area (Å²) in [5.41, 5.74) is 2.30. The third-order valence-electron chi connectivity index (χ3n) is 6.19. The van der Waals surface area contributed by atoms with E-state index in [4.69, 9.17) is 28.4 Å². The van der Waals surface area contributed by atoms with Gasteiger partial charge in [0.25, 0.3) is 0 Å². The molecule has 3 aliphatic rings. The maximum Gasteiger partial charge on any atom is 0.339 e. The van der Waals surface area contributed by atoms with Gasteiger partial charge in [-0.25, -0.2) is 4.79 Å².